The van der Waals surface area contributed by atoms with Gasteiger partial charge in [-0.3, -0.25) is 4.72 Å². The van der Waals surface area contributed by atoms with Crippen LogP contribution in [0.5, 0.6) is 0 Å². The fourth-order valence-electron chi connectivity index (χ4n) is 4.88. The van der Waals surface area contributed by atoms with E-state index in [9.17, 15) is 17.2 Å². The average molecular weight is 664 g/mol. The number of hydrogen-bond donors (Lipinski definition) is 2. The van der Waals surface area contributed by atoms with E-state index in [1.165, 1.54) is 11.3 Å². The number of anilines is 4. The largest absolute Gasteiger partial charge is 0.378 e. The molecule has 3 aromatic heterocycles. The number of thiazole rings is 1. The van der Waals surface area contributed by atoms with Crippen molar-refractivity contribution in [3.05, 3.63) is 89.2 Å². The maximum atomic E-state index is 14.4. The molecule has 238 valence electrons. The van der Waals surface area contributed by atoms with Gasteiger partial charge in [-0.15, -0.1) is 11.3 Å². The quantitative estimate of drug-likeness (QED) is 0.176. The van der Waals surface area contributed by atoms with Gasteiger partial charge in [0.15, 0.2) is 4.90 Å². The van der Waals surface area contributed by atoms with E-state index in [0.717, 1.165) is 52.7 Å². The molecule has 0 saturated carbocycles. The Hall–Kier alpha value is -4.53. The van der Waals surface area contributed by atoms with Gasteiger partial charge in [-0.1, -0.05) is 32.0 Å². The molecule has 0 radical (unpaired) electrons. The first-order valence-corrected chi connectivity index (χ1v) is 16.9. The lowest BCUT2D eigenvalue weighted by atomic mass is 10.1. The molecule has 1 fully saturated rings. The minimum atomic E-state index is -4.57. The van der Waals surface area contributed by atoms with Crippen molar-refractivity contribution in [2.24, 2.45) is 0 Å². The lowest BCUT2D eigenvalue weighted by Gasteiger charge is -2.27. The van der Waals surface area contributed by atoms with Crippen molar-refractivity contribution in [3.63, 3.8) is 0 Å². The first-order valence-electron chi connectivity index (χ1n) is 14.6. The van der Waals surface area contributed by atoms with Crippen molar-refractivity contribution in [1.29, 1.82) is 0 Å². The van der Waals surface area contributed by atoms with Crippen molar-refractivity contribution in [1.82, 2.24) is 19.9 Å². The van der Waals surface area contributed by atoms with Crippen molar-refractivity contribution in [2.75, 3.05) is 41.2 Å². The number of hydrogen-bond acceptors (Lipinski definition) is 10. The van der Waals surface area contributed by atoms with Gasteiger partial charge in [0.05, 0.1) is 52.1 Å². The summed E-state index contributed by atoms with van der Waals surface area (Å²) in [6, 6.07) is 13.7. The highest BCUT2D eigenvalue weighted by Crippen LogP contribution is 2.40. The Labute approximate surface area is 269 Å². The van der Waals surface area contributed by atoms with Gasteiger partial charge in [0, 0.05) is 30.8 Å². The Bertz CT molecular complexity index is 1960. The van der Waals surface area contributed by atoms with E-state index in [1.54, 1.807) is 37.5 Å². The molecule has 10 nitrogen and oxygen atoms in total. The Morgan fingerprint density at radius 2 is 1.74 bits per heavy atom. The minimum Gasteiger partial charge on any atom is -0.378 e. The third kappa shape index (κ3) is 6.69. The summed E-state index contributed by atoms with van der Waals surface area (Å²) in [4.78, 5) is 20.5. The predicted octanol–water partition coefficient (Wildman–Crippen LogP) is 6.75. The summed E-state index contributed by atoms with van der Waals surface area (Å²) in [5, 5.41) is 4.08. The molecule has 1 saturated heterocycles. The second kappa shape index (κ2) is 13.1. The van der Waals surface area contributed by atoms with Crippen LogP contribution in [-0.4, -0.2) is 54.7 Å². The van der Waals surface area contributed by atoms with E-state index < -0.39 is 26.6 Å². The Morgan fingerprint density at radius 1 is 0.978 bits per heavy atom. The van der Waals surface area contributed by atoms with Crippen LogP contribution in [0.1, 0.15) is 30.3 Å². The van der Waals surface area contributed by atoms with Gasteiger partial charge >= 0.3 is 0 Å². The summed E-state index contributed by atoms with van der Waals surface area (Å²) in [6.45, 7) is 8.69. The van der Waals surface area contributed by atoms with E-state index in [1.807, 2.05) is 32.0 Å². The lowest BCUT2D eigenvalue weighted by Crippen LogP contribution is -2.36. The van der Waals surface area contributed by atoms with Crippen LogP contribution in [-0.2, 0) is 14.8 Å². The van der Waals surface area contributed by atoms with Crippen LogP contribution in [0.25, 0.3) is 21.8 Å². The zero-order valence-corrected chi connectivity index (χ0v) is 26.9. The maximum absolute atomic E-state index is 14.4. The number of morpholine rings is 1. The molecule has 46 heavy (non-hydrogen) atoms. The average Bonchev–Trinajstić information content (AvgIpc) is 3.49. The van der Waals surface area contributed by atoms with E-state index in [2.05, 4.69) is 24.9 Å². The fourth-order valence-corrected chi connectivity index (χ4v) is 7.20. The molecular formula is C32H31F2N7O3S2. The molecule has 14 heteroatoms. The number of sulfonamides is 1. The second-order valence-electron chi connectivity index (χ2n) is 11.0. The highest BCUT2D eigenvalue weighted by atomic mass is 32.2. The fraction of sp³-hybridized carbons (Fsp3) is 0.250. The van der Waals surface area contributed by atoms with E-state index in [-0.39, 0.29) is 11.6 Å². The van der Waals surface area contributed by atoms with Crippen LogP contribution in [0.4, 0.5) is 31.9 Å². The molecular weight excluding hydrogens is 633 g/mol. The molecule has 2 aromatic carbocycles. The van der Waals surface area contributed by atoms with E-state index >= 15 is 0 Å². The van der Waals surface area contributed by atoms with E-state index in [4.69, 9.17) is 14.7 Å². The molecule has 0 spiro atoms. The first-order chi connectivity index (χ1) is 22.1. The van der Waals surface area contributed by atoms with Gasteiger partial charge in [-0.05, 0) is 48.9 Å². The highest BCUT2D eigenvalue weighted by molar-refractivity contribution is 7.92. The number of ether oxygens (including phenoxy) is 1. The van der Waals surface area contributed by atoms with Crippen LogP contribution in [0.15, 0.2) is 71.9 Å². The van der Waals surface area contributed by atoms with Crippen molar-refractivity contribution < 1.29 is 21.9 Å². The van der Waals surface area contributed by atoms with Crippen molar-refractivity contribution in [3.8, 4) is 21.8 Å². The number of benzene rings is 2. The number of nitrogens with zero attached hydrogens (tertiary/aromatic N) is 5. The Kier molecular flexibility index (Phi) is 8.93. The number of aryl methyl sites for hydroxylation is 1. The zero-order chi connectivity index (χ0) is 32.4. The van der Waals surface area contributed by atoms with Crippen LogP contribution in [0.3, 0.4) is 0 Å². The molecule has 4 heterocycles. The van der Waals surface area contributed by atoms with Gasteiger partial charge in [0.25, 0.3) is 10.0 Å². The van der Waals surface area contributed by atoms with Gasteiger partial charge in [0.1, 0.15) is 17.5 Å². The smallest absolute Gasteiger partial charge is 0.267 e. The number of nitrogens with one attached hydrogen (secondary N) is 2. The van der Waals surface area contributed by atoms with Gasteiger partial charge in [0.2, 0.25) is 5.95 Å². The van der Waals surface area contributed by atoms with Crippen molar-refractivity contribution in [2.45, 2.75) is 31.6 Å². The maximum Gasteiger partial charge on any atom is 0.267 e. The molecule has 1 aliphatic heterocycles. The lowest BCUT2D eigenvalue weighted by molar-refractivity contribution is 0.122. The Balaban J connectivity index is 1.31. The molecule has 1 aliphatic rings. The monoisotopic (exact) mass is 663 g/mol. The molecule has 0 bridgehead atoms. The third-order valence-corrected chi connectivity index (χ3v) is 10.1. The number of rotatable bonds is 9. The number of halogens is 2. The summed E-state index contributed by atoms with van der Waals surface area (Å²) in [7, 11) is -4.57. The van der Waals surface area contributed by atoms with Crippen LogP contribution >= 0.6 is 11.3 Å². The standard InChI is InChI=1S/C32H31F2N7O3S2/c1-19(2)31-39-28(21-8-7-20(3)26(17-21)40-46(42,43)30-23(33)5-4-6-24(30)34)29(45-31)25-11-12-35-32(38-25)37-22-9-10-27(36-18-22)41-13-15-44-16-14-41/h4-12,17-19,40H,13-16H2,1-3H3,(H,35,37,38). The van der Waals surface area contributed by atoms with E-state index in [0.29, 0.717) is 41.7 Å². The van der Waals surface area contributed by atoms with Crippen molar-refractivity contribution >= 4 is 44.5 Å². The van der Waals surface area contributed by atoms with Gasteiger partial charge in [-0.2, -0.15) is 0 Å². The summed E-state index contributed by atoms with van der Waals surface area (Å²) in [5.74, 6) is -1.00. The minimum absolute atomic E-state index is 0.112. The molecule has 0 aliphatic carbocycles. The molecule has 0 amide bonds. The highest BCUT2D eigenvalue weighted by Gasteiger charge is 2.25. The predicted molar refractivity (Wildman–Crippen MR) is 175 cm³/mol. The SMILES string of the molecule is Cc1ccc(-c2nc(C(C)C)sc2-c2ccnc(Nc3ccc(N4CCOCC4)nc3)n2)cc1NS(=O)(=O)c1c(F)cccc1F. The number of pyridine rings is 1. The molecule has 2 N–H and O–H groups in total. The van der Waals surface area contributed by atoms with Crippen LogP contribution < -0.4 is 14.9 Å². The molecule has 0 unspecified atom stereocenters. The molecule has 0 atom stereocenters. The Morgan fingerprint density at radius 3 is 2.43 bits per heavy atom. The summed E-state index contributed by atoms with van der Waals surface area (Å²) in [6.07, 6.45) is 3.38. The van der Waals surface area contributed by atoms with Gasteiger partial charge < -0.3 is 15.0 Å². The number of aromatic nitrogens is 4. The van der Waals surface area contributed by atoms with Gasteiger partial charge in [-0.25, -0.2) is 37.1 Å². The zero-order valence-electron chi connectivity index (χ0n) is 25.3. The summed E-state index contributed by atoms with van der Waals surface area (Å²) >= 11 is 1.48. The van der Waals surface area contributed by atoms with Crippen LogP contribution in [0, 0.1) is 18.6 Å². The third-order valence-electron chi connectivity index (χ3n) is 7.31. The van der Waals surface area contributed by atoms with Crippen LogP contribution in [0.2, 0.25) is 0 Å². The normalized spacial score (nSPS) is 13.7. The summed E-state index contributed by atoms with van der Waals surface area (Å²) < 4.78 is 62.7. The summed E-state index contributed by atoms with van der Waals surface area (Å²) in [5.41, 5.74) is 3.27. The molecule has 5 aromatic rings. The molecule has 6 rings (SSSR count). The topological polar surface area (TPSA) is 122 Å². The second-order valence-corrected chi connectivity index (χ2v) is 13.6. The first kappa shape index (κ1) is 31.5.